The lowest BCUT2D eigenvalue weighted by atomic mass is 9.75. The molecule has 10 rings (SSSR count). The quantitative estimate of drug-likeness (QED) is 0.101. The molecule has 69 heavy (non-hydrogen) atoms. The highest BCUT2D eigenvalue weighted by Gasteiger charge is 2.28. The highest BCUT2D eigenvalue weighted by Crippen LogP contribution is 2.41. The molecule has 5 heteroatoms. The zero-order valence-electron chi connectivity index (χ0n) is 41.7. The zero-order chi connectivity index (χ0) is 48.3. The molecule has 0 N–H and O–H groups in total. The van der Waals surface area contributed by atoms with Gasteiger partial charge in [-0.1, -0.05) is 178 Å². The number of hydrogen-bond acceptors (Lipinski definition) is 2. The van der Waals surface area contributed by atoms with Crippen LogP contribution >= 0.6 is 0 Å². The Morgan fingerprint density at radius 1 is 0.464 bits per heavy atom. The van der Waals surface area contributed by atoms with Gasteiger partial charge in [-0.05, 0) is 117 Å². The van der Waals surface area contributed by atoms with Crippen molar-refractivity contribution in [1.82, 2.24) is 14.1 Å². The van der Waals surface area contributed by atoms with E-state index in [9.17, 15) is 0 Å². The first-order valence-corrected chi connectivity index (χ1v) is 24.2. The third kappa shape index (κ3) is 8.67. The van der Waals surface area contributed by atoms with Crippen molar-refractivity contribution in [3.05, 3.63) is 234 Å². The van der Waals surface area contributed by atoms with Crippen LogP contribution in [0.3, 0.4) is 0 Å². The first-order chi connectivity index (χ1) is 32.9. The molecule has 0 radical (unpaired) electrons. The van der Waals surface area contributed by atoms with Gasteiger partial charge in [0.15, 0.2) is 0 Å². The highest BCUT2D eigenvalue weighted by molar-refractivity contribution is 6.10. The Morgan fingerprint density at radius 2 is 1.09 bits per heavy atom. The molecule has 0 atom stereocenters. The Morgan fingerprint density at radius 3 is 1.75 bits per heavy atom. The van der Waals surface area contributed by atoms with Crippen molar-refractivity contribution in [2.45, 2.75) is 90.9 Å². The van der Waals surface area contributed by atoms with E-state index in [1.54, 1.807) is 0 Å². The molecule has 3 heterocycles. The summed E-state index contributed by atoms with van der Waals surface area (Å²) in [5.41, 5.74) is 13.3. The molecule has 0 fully saturated rings. The van der Waals surface area contributed by atoms with Crippen molar-refractivity contribution in [3.63, 3.8) is 0 Å². The average molecular weight is 903 g/mol. The lowest BCUT2D eigenvalue weighted by Gasteiger charge is -2.30. The van der Waals surface area contributed by atoms with Crippen LogP contribution in [0.15, 0.2) is 194 Å². The molecule has 7 aromatic carbocycles. The maximum absolute atomic E-state index is 6.87. The van der Waals surface area contributed by atoms with Crippen LogP contribution < -0.4 is 9.30 Å². The van der Waals surface area contributed by atoms with E-state index in [1.807, 2.05) is 12.3 Å². The van der Waals surface area contributed by atoms with Gasteiger partial charge >= 0.3 is 0 Å². The van der Waals surface area contributed by atoms with Gasteiger partial charge in [0.05, 0.1) is 28.1 Å². The molecule has 0 amide bonds. The van der Waals surface area contributed by atoms with Gasteiger partial charge in [-0.3, -0.25) is 13.7 Å². The molecule has 0 unspecified atom stereocenters. The summed E-state index contributed by atoms with van der Waals surface area (Å²) in [7, 11) is 0. The topological polar surface area (TPSA) is 35.9 Å². The Kier molecular flexibility index (Phi) is 11.3. The van der Waals surface area contributed by atoms with Crippen LogP contribution in [-0.4, -0.2) is 14.1 Å². The minimum absolute atomic E-state index is 0.0436. The van der Waals surface area contributed by atoms with Crippen molar-refractivity contribution < 1.29 is 9.30 Å². The van der Waals surface area contributed by atoms with Crippen LogP contribution in [0.4, 0.5) is 0 Å². The number of fused-ring (bicyclic) bond motifs is 3. The number of aromatic nitrogens is 4. The molecule has 5 nitrogen and oxygen atoms in total. The van der Waals surface area contributed by atoms with Crippen LogP contribution in [-0.2, 0) is 21.7 Å². The molecular formula is C64H62N4O. The molecule has 0 aliphatic rings. The summed E-state index contributed by atoms with van der Waals surface area (Å²) < 4.78 is 13.5. The maximum Gasteiger partial charge on any atom is 0.269 e. The second-order valence-electron chi connectivity index (χ2n) is 21.7. The number of imidazole rings is 1. The van der Waals surface area contributed by atoms with Gasteiger partial charge in [-0.15, -0.1) is 0 Å². The third-order valence-electron chi connectivity index (χ3n) is 14.2. The monoisotopic (exact) mass is 902 g/mol. The Labute approximate surface area is 408 Å². The van der Waals surface area contributed by atoms with Crippen LogP contribution in [0.2, 0.25) is 0 Å². The van der Waals surface area contributed by atoms with Gasteiger partial charge in [0.2, 0.25) is 0 Å². The summed E-state index contributed by atoms with van der Waals surface area (Å²) in [5.74, 6) is 2.34. The number of rotatable bonds is 10. The molecule has 0 aliphatic heterocycles. The van der Waals surface area contributed by atoms with E-state index in [2.05, 4.69) is 271 Å². The van der Waals surface area contributed by atoms with E-state index in [4.69, 9.17) is 9.72 Å². The average Bonchev–Trinajstić information content (AvgIpc) is 3.94. The van der Waals surface area contributed by atoms with Crippen LogP contribution in [0.5, 0.6) is 11.5 Å². The number of ether oxygens (including phenoxy) is 1. The fourth-order valence-corrected chi connectivity index (χ4v) is 9.63. The summed E-state index contributed by atoms with van der Waals surface area (Å²) in [4.78, 5) is 4.99. The Balaban J connectivity index is 1.07. The van der Waals surface area contributed by atoms with E-state index >= 15 is 0 Å². The van der Waals surface area contributed by atoms with Crippen molar-refractivity contribution in [3.8, 4) is 39.9 Å². The van der Waals surface area contributed by atoms with E-state index in [-0.39, 0.29) is 21.7 Å². The van der Waals surface area contributed by atoms with Crippen molar-refractivity contribution >= 4 is 21.8 Å². The first kappa shape index (κ1) is 45.3. The van der Waals surface area contributed by atoms with E-state index in [0.29, 0.717) is 0 Å². The third-order valence-corrected chi connectivity index (χ3v) is 14.2. The fraction of sp³-hybridized carbons (Fsp3) is 0.219. The van der Waals surface area contributed by atoms with Gasteiger partial charge in [0.25, 0.3) is 6.33 Å². The Hall–Kier alpha value is -7.50. The first-order valence-electron chi connectivity index (χ1n) is 24.2. The van der Waals surface area contributed by atoms with Crippen LogP contribution in [0.1, 0.15) is 103 Å². The second-order valence-corrected chi connectivity index (χ2v) is 21.7. The summed E-state index contributed by atoms with van der Waals surface area (Å²) in [5, 5.41) is 2.32. The molecule has 0 bridgehead atoms. The summed E-state index contributed by atoms with van der Waals surface area (Å²) in [6.07, 6.45) is 7.91. The second kappa shape index (κ2) is 17.2. The highest BCUT2D eigenvalue weighted by atomic mass is 16.5. The van der Waals surface area contributed by atoms with Crippen molar-refractivity contribution in [2.75, 3.05) is 0 Å². The molecular weight excluding hydrogens is 841 g/mol. The lowest BCUT2D eigenvalue weighted by Crippen LogP contribution is -2.31. The molecule has 0 saturated carbocycles. The fourth-order valence-electron chi connectivity index (χ4n) is 9.63. The minimum Gasteiger partial charge on any atom is -0.458 e. The van der Waals surface area contributed by atoms with E-state index in [1.165, 1.54) is 38.8 Å². The predicted molar refractivity (Wildman–Crippen MR) is 285 cm³/mol. The number of nitrogens with zero attached hydrogens (tertiary/aromatic N) is 4. The van der Waals surface area contributed by atoms with Gasteiger partial charge in [0, 0.05) is 40.1 Å². The molecule has 3 aromatic heterocycles. The number of hydrogen-bond donors (Lipinski definition) is 0. The minimum atomic E-state index is -0.221. The standard InChI is InChI=1S/C64H62N4O/c1-61(2,3)47-33-34-65-60(39-47)68-57-32-29-48(63(7,8)45-23-16-12-17-24-45)38-56(57)55-31-30-54(41-58(55)68)69-53-28-20-27-51(40-53)67-43-66(42-59(67)44-21-14-11-15-22-44)52-36-49(62(4,5)6)35-50(37-52)64(9,10)46-25-18-13-19-26-46/h11-42H,1-10H3. The molecule has 0 saturated heterocycles. The Bertz CT molecular complexity index is 3470. The van der Waals surface area contributed by atoms with Crippen molar-refractivity contribution in [1.29, 1.82) is 0 Å². The predicted octanol–water partition coefficient (Wildman–Crippen LogP) is 15.8. The number of pyridine rings is 1. The van der Waals surface area contributed by atoms with E-state index < -0.39 is 0 Å². The zero-order valence-corrected chi connectivity index (χ0v) is 41.7. The summed E-state index contributed by atoms with van der Waals surface area (Å²) >= 11 is 0. The number of benzene rings is 7. The van der Waals surface area contributed by atoms with Crippen molar-refractivity contribution in [2.24, 2.45) is 0 Å². The largest absolute Gasteiger partial charge is 0.458 e. The van der Waals surface area contributed by atoms with Gasteiger partial charge in [-0.25, -0.2) is 4.98 Å². The van der Waals surface area contributed by atoms with Crippen LogP contribution in [0.25, 0.3) is 50.3 Å². The van der Waals surface area contributed by atoms with Gasteiger partial charge in [-0.2, -0.15) is 0 Å². The smallest absolute Gasteiger partial charge is 0.269 e. The lowest BCUT2D eigenvalue weighted by molar-refractivity contribution is -0.599. The normalized spacial score (nSPS) is 12.5. The summed E-state index contributed by atoms with van der Waals surface area (Å²) in [6.45, 7) is 22.8. The maximum atomic E-state index is 6.87. The van der Waals surface area contributed by atoms with Gasteiger partial charge in [0.1, 0.15) is 17.3 Å². The van der Waals surface area contributed by atoms with Gasteiger partial charge < -0.3 is 4.74 Å². The summed E-state index contributed by atoms with van der Waals surface area (Å²) in [6, 6.07) is 65.2. The molecule has 10 aromatic rings. The molecule has 344 valence electrons. The molecule has 0 spiro atoms. The SMILES string of the molecule is CC(C)(C)c1cc(-[n+]2[c-]n(-c3cccc(Oc4ccc5c6cc(C(C)(C)c7ccccc7)ccc6n(-c6cc(C(C)(C)C)ccn6)c5c4)c3)c(-c3ccccc3)c2)cc(C(C)(C)c2ccccc2)c1. The van der Waals surface area contributed by atoms with Crippen LogP contribution in [0, 0.1) is 6.33 Å². The van der Waals surface area contributed by atoms with E-state index in [0.717, 1.165) is 56.4 Å². The molecule has 0 aliphatic carbocycles.